The summed E-state index contributed by atoms with van der Waals surface area (Å²) in [5, 5.41) is 0. The zero-order valence-corrected chi connectivity index (χ0v) is 9.23. The fourth-order valence-electron chi connectivity index (χ4n) is 1.35. The van der Waals surface area contributed by atoms with Crippen molar-refractivity contribution in [2.75, 3.05) is 0 Å². The average molecular weight is 218 g/mol. The van der Waals surface area contributed by atoms with Crippen LogP contribution in [-0.4, -0.2) is 11.8 Å². The minimum absolute atomic E-state index is 0.0856. The highest BCUT2D eigenvalue weighted by Crippen LogP contribution is 2.11. The summed E-state index contributed by atoms with van der Waals surface area (Å²) in [5.74, 6) is -0.375. The van der Waals surface area contributed by atoms with Gasteiger partial charge in [0.25, 0.3) is 0 Å². The Morgan fingerprint density at radius 2 is 1.94 bits per heavy atom. The Kier molecular flexibility index (Phi) is 4.45. The molecule has 3 heteroatoms. The number of Topliss-reactive ketones (excluding diaryl/α,β-unsaturated/α-hetero) is 1. The van der Waals surface area contributed by atoms with E-state index in [4.69, 9.17) is 4.74 Å². The molecule has 0 aromatic heterocycles. The number of benzene rings is 1. The lowest BCUT2D eigenvalue weighted by Gasteiger charge is -2.07. The highest BCUT2D eigenvalue weighted by molar-refractivity contribution is 5.81. The van der Waals surface area contributed by atoms with Gasteiger partial charge in [-0.3, -0.25) is 4.79 Å². The zero-order valence-electron chi connectivity index (χ0n) is 9.23. The molecule has 3 nitrogen and oxygen atoms in total. The van der Waals surface area contributed by atoms with Crippen LogP contribution in [0.25, 0.3) is 0 Å². The van der Waals surface area contributed by atoms with E-state index in [9.17, 15) is 9.59 Å². The number of carbonyl (C=O) groups is 2. The first-order chi connectivity index (χ1) is 7.63. The molecule has 0 saturated carbocycles. The maximum atomic E-state index is 11.0. The first kappa shape index (κ1) is 12.2. The Balaban J connectivity index is 2.74. The maximum absolute atomic E-state index is 11.0. The van der Waals surface area contributed by atoms with Crippen molar-refractivity contribution in [1.82, 2.24) is 0 Å². The second-order valence-electron chi connectivity index (χ2n) is 3.46. The Bertz CT molecular complexity index is 407. The van der Waals surface area contributed by atoms with Gasteiger partial charge in [-0.15, -0.1) is 0 Å². The van der Waals surface area contributed by atoms with Crippen molar-refractivity contribution in [3.8, 4) is 0 Å². The van der Waals surface area contributed by atoms with Crippen LogP contribution < -0.4 is 0 Å². The van der Waals surface area contributed by atoms with Crippen LogP contribution >= 0.6 is 0 Å². The van der Waals surface area contributed by atoms with Gasteiger partial charge in [0.2, 0.25) is 0 Å². The number of carbonyl (C=O) groups excluding carboxylic acids is 2. The van der Waals surface area contributed by atoms with Crippen LogP contribution in [0.4, 0.5) is 0 Å². The first-order valence-electron chi connectivity index (χ1n) is 4.99. The van der Waals surface area contributed by atoms with Gasteiger partial charge in [-0.05, 0) is 18.1 Å². The number of ether oxygens (including phenoxy) is 1. The van der Waals surface area contributed by atoms with Gasteiger partial charge in [0, 0.05) is 12.5 Å². The average Bonchev–Trinajstić information content (AvgIpc) is 2.26. The van der Waals surface area contributed by atoms with Crippen LogP contribution in [0.5, 0.6) is 0 Å². The Morgan fingerprint density at radius 1 is 1.31 bits per heavy atom. The fourth-order valence-corrected chi connectivity index (χ4v) is 1.35. The van der Waals surface area contributed by atoms with E-state index in [1.54, 1.807) is 0 Å². The number of esters is 1. The lowest BCUT2D eigenvalue weighted by Crippen LogP contribution is -2.05. The molecule has 0 N–H and O–H groups in total. The van der Waals surface area contributed by atoms with Gasteiger partial charge < -0.3 is 4.74 Å². The molecular formula is C13H14O3. The summed E-state index contributed by atoms with van der Waals surface area (Å²) in [6, 6.07) is 7.41. The third-order valence-corrected chi connectivity index (χ3v) is 2.09. The predicted molar refractivity (Wildman–Crippen MR) is 60.8 cm³/mol. The molecular weight excluding hydrogens is 204 g/mol. The summed E-state index contributed by atoms with van der Waals surface area (Å²) < 4.78 is 4.93. The molecule has 16 heavy (non-hydrogen) atoms. The van der Waals surface area contributed by atoms with E-state index in [2.05, 4.69) is 6.58 Å². The summed E-state index contributed by atoms with van der Waals surface area (Å²) in [5.41, 5.74) is 1.75. The summed E-state index contributed by atoms with van der Waals surface area (Å²) >= 11 is 0. The molecule has 1 rings (SSSR count). The van der Waals surface area contributed by atoms with E-state index in [0.29, 0.717) is 6.42 Å². The molecule has 0 unspecified atom stereocenters. The van der Waals surface area contributed by atoms with E-state index in [0.717, 1.165) is 17.2 Å². The number of ketones is 1. The van der Waals surface area contributed by atoms with Crippen LogP contribution in [0.15, 0.2) is 36.9 Å². The van der Waals surface area contributed by atoms with Crippen LogP contribution in [-0.2, 0) is 27.4 Å². The van der Waals surface area contributed by atoms with Gasteiger partial charge in [0.05, 0.1) is 0 Å². The largest absolute Gasteiger partial charge is 0.458 e. The summed E-state index contributed by atoms with van der Waals surface area (Å²) in [6.07, 6.45) is 1.48. The molecule has 1 aromatic rings. The standard InChI is InChI=1S/C13H14O3/c1-3-13(15)16-9-12-7-5-4-6-11(12)8-10(2)14/h3-7H,1,8-9H2,2H3. The highest BCUT2D eigenvalue weighted by Gasteiger charge is 2.05. The van der Waals surface area contributed by atoms with Gasteiger partial charge >= 0.3 is 5.97 Å². The molecule has 0 atom stereocenters. The summed E-state index contributed by atoms with van der Waals surface area (Å²) in [4.78, 5) is 21.9. The number of rotatable bonds is 5. The van der Waals surface area contributed by atoms with Gasteiger partial charge in [-0.1, -0.05) is 30.8 Å². The van der Waals surface area contributed by atoms with Gasteiger partial charge in [0.1, 0.15) is 12.4 Å². The van der Waals surface area contributed by atoms with Gasteiger partial charge in [-0.2, -0.15) is 0 Å². The van der Waals surface area contributed by atoms with E-state index in [-0.39, 0.29) is 12.4 Å². The second kappa shape index (κ2) is 5.85. The molecule has 0 aliphatic heterocycles. The number of hydrogen-bond acceptors (Lipinski definition) is 3. The Hall–Kier alpha value is -1.90. The van der Waals surface area contributed by atoms with Crippen molar-refractivity contribution >= 4 is 11.8 Å². The molecule has 0 heterocycles. The highest BCUT2D eigenvalue weighted by atomic mass is 16.5. The zero-order chi connectivity index (χ0) is 12.0. The molecule has 0 fully saturated rings. The second-order valence-corrected chi connectivity index (χ2v) is 3.46. The van der Waals surface area contributed by atoms with Crippen LogP contribution in [0.3, 0.4) is 0 Å². The smallest absolute Gasteiger partial charge is 0.330 e. The predicted octanol–water partition coefficient (Wildman–Crippen LogP) is 2.05. The third kappa shape index (κ3) is 3.69. The maximum Gasteiger partial charge on any atom is 0.330 e. The minimum Gasteiger partial charge on any atom is -0.458 e. The Morgan fingerprint density at radius 3 is 2.50 bits per heavy atom. The molecule has 84 valence electrons. The third-order valence-electron chi connectivity index (χ3n) is 2.09. The summed E-state index contributed by atoms with van der Waals surface area (Å²) in [7, 11) is 0. The van der Waals surface area contributed by atoms with Crippen molar-refractivity contribution in [3.05, 3.63) is 48.0 Å². The first-order valence-corrected chi connectivity index (χ1v) is 4.99. The van der Waals surface area contributed by atoms with Gasteiger partial charge in [0.15, 0.2) is 0 Å². The normalized spacial score (nSPS) is 9.56. The van der Waals surface area contributed by atoms with Crippen molar-refractivity contribution in [3.63, 3.8) is 0 Å². The molecule has 0 bridgehead atoms. The van der Waals surface area contributed by atoms with Crippen LogP contribution in [0.1, 0.15) is 18.1 Å². The molecule has 0 saturated heterocycles. The van der Waals surface area contributed by atoms with E-state index < -0.39 is 5.97 Å². The monoisotopic (exact) mass is 218 g/mol. The van der Waals surface area contributed by atoms with E-state index in [1.165, 1.54) is 6.92 Å². The molecule has 0 amide bonds. The van der Waals surface area contributed by atoms with E-state index in [1.807, 2.05) is 24.3 Å². The Labute approximate surface area is 94.7 Å². The van der Waals surface area contributed by atoms with Crippen molar-refractivity contribution in [1.29, 1.82) is 0 Å². The lowest BCUT2D eigenvalue weighted by molar-refractivity contribution is -0.138. The van der Waals surface area contributed by atoms with E-state index >= 15 is 0 Å². The molecule has 1 aromatic carbocycles. The topological polar surface area (TPSA) is 43.4 Å². The lowest BCUT2D eigenvalue weighted by atomic mass is 10.0. The van der Waals surface area contributed by atoms with Gasteiger partial charge in [-0.25, -0.2) is 4.79 Å². The molecule has 0 radical (unpaired) electrons. The van der Waals surface area contributed by atoms with Crippen LogP contribution in [0.2, 0.25) is 0 Å². The molecule has 0 aliphatic rings. The van der Waals surface area contributed by atoms with Crippen molar-refractivity contribution in [2.24, 2.45) is 0 Å². The fraction of sp³-hybridized carbons (Fsp3) is 0.231. The SMILES string of the molecule is C=CC(=O)OCc1ccccc1CC(C)=O. The molecule has 0 aliphatic carbocycles. The quantitative estimate of drug-likeness (QED) is 0.561. The van der Waals surface area contributed by atoms with Crippen LogP contribution in [0, 0.1) is 0 Å². The van der Waals surface area contributed by atoms with Crippen molar-refractivity contribution in [2.45, 2.75) is 20.0 Å². The number of hydrogen-bond donors (Lipinski definition) is 0. The van der Waals surface area contributed by atoms with Crippen molar-refractivity contribution < 1.29 is 14.3 Å². The summed E-state index contributed by atoms with van der Waals surface area (Å²) in [6.45, 7) is 5.02. The molecule has 0 spiro atoms. The minimum atomic E-state index is -0.461.